The first-order valence-corrected chi connectivity index (χ1v) is 7.38. The van der Waals surface area contributed by atoms with Crippen LogP contribution in [0.5, 0.6) is 0 Å². The first-order chi connectivity index (χ1) is 10.0. The molecule has 0 aromatic carbocycles. The third-order valence-electron chi connectivity index (χ3n) is 4.02. The van der Waals surface area contributed by atoms with Crippen LogP contribution in [-0.4, -0.2) is 44.8 Å². The zero-order chi connectivity index (χ0) is 15.4. The van der Waals surface area contributed by atoms with Crippen molar-refractivity contribution in [1.82, 2.24) is 25.0 Å². The topological polar surface area (TPSA) is 63.1 Å². The van der Waals surface area contributed by atoms with Crippen molar-refractivity contribution in [2.24, 2.45) is 13.0 Å². The van der Waals surface area contributed by atoms with Crippen LogP contribution in [0.15, 0.2) is 6.33 Å². The number of carbonyl (C=O) groups is 1. The van der Waals surface area contributed by atoms with Crippen LogP contribution in [0, 0.1) is 18.3 Å². The highest BCUT2D eigenvalue weighted by Crippen LogP contribution is 2.26. The van der Waals surface area contributed by atoms with Gasteiger partial charge >= 0.3 is 6.03 Å². The number of urea groups is 1. The summed E-state index contributed by atoms with van der Waals surface area (Å²) in [5.41, 5.74) is 0. The summed E-state index contributed by atoms with van der Waals surface area (Å²) in [5, 5.41) is 11.0. The lowest BCUT2D eigenvalue weighted by Crippen LogP contribution is -2.48. The molecular formula is C15H23N5O. The molecule has 1 fully saturated rings. The zero-order valence-electron chi connectivity index (χ0n) is 12.9. The minimum atomic E-state index is -0.214. The van der Waals surface area contributed by atoms with E-state index in [-0.39, 0.29) is 18.0 Å². The van der Waals surface area contributed by atoms with E-state index in [1.54, 1.807) is 6.33 Å². The fourth-order valence-corrected chi connectivity index (χ4v) is 2.63. The van der Waals surface area contributed by atoms with Crippen LogP contribution in [0.2, 0.25) is 0 Å². The molecule has 2 heterocycles. The number of aromatic nitrogens is 3. The van der Waals surface area contributed by atoms with Crippen molar-refractivity contribution >= 4 is 6.03 Å². The molecule has 1 saturated heterocycles. The van der Waals surface area contributed by atoms with E-state index >= 15 is 0 Å². The third-order valence-corrected chi connectivity index (χ3v) is 4.02. The number of rotatable bonds is 3. The number of amides is 2. The number of nitrogens with zero attached hydrogens (tertiary/aromatic N) is 4. The number of nitrogens with one attached hydrogen (secondary N) is 1. The number of hydrogen-bond acceptors (Lipinski definition) is 3. The molecule has 1 atom stereocenters. The Morgan fingerprint density at radius 1 is 1.48 bits per heavy atom. The average Bonchev–Trinajstić information content (AvgIpc) is 2.90. The van der Waals surface area contributed by atoms with Crippen molar-refractivity contribution in [3.63, 3.8) is 0 Å². The molecule has 1 aromatic heterocycles. The molecule has 6 heteroatoms. The predicted octanol–water partition coefficient (Wildman–Crippen LogP) is 1.36. The smallest absolute Gasteiger partial charge is 0.318 e. The molecule has 1 aliphatic heterocycles. The van der Waals surface area contributed by atoms with Crippen LogP contribution in [0.4, 0.5) is 4.79 Å². The molecule has 2 amide bonds. The normalized spacial score (nSPS) is 17.6. The predicted molar refractivity (Wildman–Crippen MR) is 80.5 cm³/mol. The maximum absolute atomic E-state index is 12.2. The Labute approximate surface area is 125 Å². The van der Waals surface area contributed by atoms with E-state index < -0.39 is 0 Å². The molecule has 0 aliphatic carbocycles. The summed E-state index contributed by atoms with van der Waals surface area (Å²) in [5.74, 6) is 4.23. The molecule has 0 unspecified atom stereocenters. The number of hydrogen-bond donors (Lipinski definition) is 1. The summed E-state index contributed by atoms with van der Waals surface area (Å²) in [6.07, 6.45) is 8.98. The molecule has 21 heavy (non-hydrogen) atoms. The van der Waals surface area contributed by atoms with Gasteiger partial charge in [0.05, 0.1) is 6.04 Å². The highest BCUT2D eigenvalue weighted by atomic mass is 16.2. The van der Waals surface area contributed by atoms with Gasteiger partial charge < -0.3 is 14.8 Å². The Morgan fingerprint density at radius 2 is 2.14 bits per heavy atom. The van der Waals surface area contributed by atoms with Gasteiger partial charge in [0.25, 0.3) is 0 Å². The maximum atomic E-state index is 12.2. The first-order valence-electron chi connectivity index (χ1n) is 7.38. The van der Waals surface area contributed by atoms with E-state index in [2.05, 4.69) is 21.4 Å². The molecule has 114 valence electrons. The van der Waals surface area contributed by atoms with Crippen LogP contribution in [0.3, 0.4) is 0 Å². The highest BCUT2D eigenvalue weighted by molar-refractivity contribution is 5.75. The van der Waals surface area contributed by atoms with Gasteiger partial charge in [0.1, 0.15) is 12.2 Å². The quantitative estimate of drug-likeness (QED) is 0.855. The minimum absolute atomic E-state index is 0.0666. The maximum Gasteiger partial charge on any atom is 0.318 e. The molecular weight excluding hydrogens is 266 g/mol. The summed E-state index contributed by atoms with van der Waals surface area (Å²) in [7, 11) is 1.95. The summed E-state index contributed by atoms with van der Waals surface area (Å²) >= 11 is 0. The van der Waals surface area contributed by atoms with Crippen molar-refractivity contribution in [3.05, 3.63) is 12.2 Å². The molecule has 0 spiro atoms. The summed E-state index contributed by atoms with van der Waals surface area (Å²) in [6.45, 7) is 5.45. The van der Waals surface area contributed by atoms with Crippen molar-refractivity contribution in [1.29, 1.82) is 0 Å². The van der Waals surface area contributed by atoms with E-state index in [4.69, 9.17) is 6.42 Å². The number of carbonyl (C=O) groups excluding carboxylic acids is 1. The summed E-state index contributed by atoms with van der Waals surface area (Å²) in [6, 6.07) is -0.281. The number of terminal acetylenes is 1. The van der Waals surface area contributed by atoms with Gasteiger partial charge in [-0.3, -0.25) is 0 Å². The Hall–Kier alpha value is -2.03. The van der Waals surface area contributed by atoms with Crippen molar-refractivity contribution in [2.45, 2.75) is 38.6 Å². The number of aryl methyl sites for hydroxylation is 1. The van der Waals surface area contributed by atoms with Crippen molar-refractivity contribution < 1.29 is 4.79 Å². The largest absolute Gasteiger partial charge is 0.325 e. The van der Waals surface area contributed by atoms with Crippen molar-refractivity contribution in [2.75, 3.05) is 13.1 Å². The molecule has 1 N–H and O–H groups in total. The van der Waals surface area contributed by atoms with Gasteiger partial charge in [-0.15, -0.1) is 16.6 Å². The van der Waals surface area contributed by atoms with Crippen LogP contribution in [0.25, 0.3) is 0 Å². The molecule has 2 rings (SSSR count). The Balaban J connectivity index is 1.88. The standard InChI is InChI=1S/C15H23N5O/c1-5-13(11(2)3)17-15(21)20-8-6-12(7-9-20)14-18-16-10-19(14)4/h1,10-13H,6-9H2,2-4H3,(H,17,21)/t13-/m1/s1. The van der Waals surface area contributed by atoms with E-state index in [0.717, 1.165) is 31.8 Å². The summed E-state index contributed by atoms with van der Waals surface area (Å²) in [4.78, 5) is 14.1. The monoisotopic (exact) mass is 289 g/mol. The molecule has 0 radical (unpaired) electrons. The van der Waals surface area contributed by atoms with Gasteiger partial charge in [0, 0.05) is 26.1 Å². The van der Waals surface area contributed by atoms with Gasteiger partial charge in [-0.25, -0.2) is 4.79 Å². The molecule has 0 bridgehead atoms. The van der Waals surface area contributed by atoms with E-state index in [9.17, 15) is 4.79 Å². The Bertz CT molecular complexity index is 522. The lowest BCUT2D eigenvalue weighted by Gasteiger charge is -2.32. The second kappa shape index (κ2) is 6.61. The van der Waals surface area contributed by atoms with Gasteiger partial charge in [-0.2, -0.15) is 0 Å². The second-order valence-corrected chi connectivity index (χ2v) is 5.90. The van der Waals surface area contributed by atoms with Crippen LogP contribution >= 0.6 is 0 Å². The molecule has 1 aliphatic rings. The molecule has 1 aromatic rings. The molecule has 6 nitrogen and oxygen atoms in total. The first kappa shape index (κ1) is 15.4. The SMILES string of the molecule is C#C[C@@H](NC(=O)N1CCC(c2nncn2C)CC1)C(C)C. The Morgan fingerprint density at radius 3 is 2.62 bits per heavy atom. The number of likely N-dealkylation sites (tertiary alicyclic amines) is 1. The van der Waals surface area contributed by atoms with Crippen LogP contribution in [-0.2, 0) is 7.05 Å². The average molecular weight is 289 g/mol. The van der Waals surface area contributed by atoms with E-state index in [1.165, 1.54) is 0 Å². The third kappa shape index (κ3) is 3.54. The van der Waals surface area contributed by atoms with E-state index in [0.29, 0.717) is 5.92 Å². The van der Waals surface area contributed by atoms with Gasteiger partial charge in [0.15, 0.2) is 0 Å². The number of piperidine rings is 1. The van der Waals surface area contributed by atoms with Crippen LogP contribution in [0.1, 0.15) is 38.4 Å². The fraction of sp³-hybridized carbons (Fsp3) is 0.667. The van der Waals surface area contributed by atoms with Gasteiger partial charge in [-0.1, -0.05) is 19.8 Å². The lowest BCUT2D eigenvalue weighted by molar-refractivity contribution is 0.176. The highest BCUT2D eigenvalue weighted by Gasteiger charge is 2.27. The van der Waals surface area contributed by atoms with E-state index in [1.807, 2.05) is 30.4 Å². The Kier molecular flexibility index (Phi) is 4.84. The molecule has 0 saturated carbocycles. The summed E-state index contributed by atoms with van der Waals surface area (Å²) < 4.78 is 1.95. The second-order valence-electron chi connectivity index (χ2n) is 5.90. The minimum Gasteiger partial charge on any atom is -0.325 e. The van der Waals surface area contributed by atoms with Crippen molar-refractivity contribution in [3.8, 4) is 12.3 Å². The zero-order valence-corrected chi connectivity index (χ0v) is 12.9. The van der Waals surface area contributed by atoms with Gasteiger partial charge in [-0.05, 0) is 18.8 Å². The van der Waals surface area contributed by atoms with Gasteiger partial charge in [0.2, 0.25) is 0 Å². The fourth-order valence-electron chi connectivity index (χ4n) is 2.63. The van der Waals surface area contributed by atoms with Crippen LogP contribution < -0.4 is 5.32 Å². The lowest BCUT2D eigenvalue weighted by atomic mass is 9.96.